The van der Waals surface area contributed by atoms with Gasteiger partial charge in [-0.25, -0.2) is 0 Å². The van der Waals surface area contributed by atoms with Crippen molar-refractivity contribution in [1.29, 1.82) is 5.41 Å². The summed E-state index contributed by atoms with van der Waals surface area (Å²) >= 11 is 0. The molecule has 148 valence electrons. The molecule has 1 heterocycles. The average Bonchev–Trinajstić information content (AvgIpc) is 2.61. The third-order valence-corrected chi connectivity index (χ3v) is 4.67. The number of nitrogens with one attached hydrogen (secondary N) is 1. The van der Waals surface area contributed by atoms with Crippen molar-refractivity contribution in [3.8, 4) is 16.9 Å². The van der Waals surface area contributed by atoms with E-state index in [0.29, 0.717) is 12.0 Å². The molecule has 1 aliphatic rings. The highest BCUT2D eigenvalue weighted by molar-refractivity contribution is 5.95. The van der Waals surface area contributed by atoms with Gasteiger partial charge in [0.2, 0.25) is 6.41 Å². The molecule has 1 unspecified atom stereocenters. The summed E-state index contributed by atoms with van der Waals surface area (Å²) in [6.07, 6.45) is 0.622. The first-order valence-electron chi connectivity index (χ1n) is 8.81. The second-order valence-electron chi connectivity index (χ2n) is 7.26. The SMILES string of the molecule is CC1(C)CC(CC(=O)O)Oc2ccc(-c3ccc(C(=N)N)cc3)cc21.NC=O. The van der Waals surface area contributed by atoms with Gasteiger partial charge < -0.3 is 21.3 Å². The minimum atomic E-state index is -0.841. The Hall–Kier alpha value is -3.35. The van der Waals surface area contributed by atoms with Crippen LogP contribution in [0, 0.1) is 5.41 Å². The van der Waals surface area contributed by atoms with Crippen LogP contribution >= 0.6 is 0 Å². The first-order chi connectivity index (χ1) is 13.2. The van der Waals surface area contributed by atoms with Crippen LogP contribution in [0.15, 0.2) is 42.5 Å². The van der Waals surface area contributed by atoms with Crippen molar-refractivity contribution in [2.75, 3.05) is 0 Å². The Labute approximate surface area is 163 Å². The molecule has 3 rings (SSSR count). The molecule has 1 amide bonds. The molecule has 2 aromatic rings. The molecule has 0 aromatic heterocycles. The van der Waals surface area contributed by atoms with Crippen LogP contribution in [0.4, 0.5) is 0 Å². The minimum absolute atomic E-state index is 0.0110. The van der Waals surface area contributed by atoms with Crippen LogP contribution < -0.4 is 16.2 Å². The fourth-order valence-corrected chi connectivity index (χ4v) is 3.39. The Morgan fingerprint density at radius 3 is 2.36 bits per heavy atom. The number of hydrogen-bond acceptors (Lipinski definition) is 4. The number of carbonyl (C=O) groups excluding carboxylic acids is 1. The molecular formula is C21H25N3O4. The lowest BCUT2D eigenvalue weighted by Crippen LogP contribution is -2.35. The minimum Gasteiger partial charge on any atom is -0.489 e. The van der Waals surface area contributed by atoms with E-state index in [4.69, 9.17) is 25.8 Å². The van der Waals surface area contributed by atoms with Gasteiger partial charge in [0.1, 0.15) is 17.7 Å². The molecule has 1 atom stereocenters. The molecule has 7 heteroatoms. The molecule has 7 nitrogen and oxygen atoms in total. The highest BCUT2D eigenvalue weighted by Crippen LogP contribution is 2.43. The maximum atomic E-state index is 11.0. The Balaban J connectivity index is 0.000000878. The summed E-state index contributed by atoms with van der Waals surface area (Å²) in [7, 11) is 0. The number of aliphatic carboxylic acids is 1. The molecule has 0 radical (unpaired) electrons. The Bertz CT molecular complexity index is 876. The molecule has 6 N–H and O–H groups in total. The van der Waals surface area contributed by atoms with Gasteiger partial charge in [-0.3, -0.25) is 15.0 Å². The monoisotopic (exact) mass is 383 g/mol. The van der Waals surface area contributed by atoms with E-state index in [2.05, 4.69) is 25.6 Å². The van der Waals surface area contributed by atoms with Gasteiger partial charge in [0.05, 0.1) is 6.42 Å². The van der Waals surface area contributed by atoms with Gasteiger partial charge >= 0.3 is 5.97 Å². The number of primary amides is 1. The number of amidine groups is 1. The van der Waals surface area contributed by atoms with Gasteiger partial charge in [-0.15, -0.1) is 0 Å². The molecule has 2 aromatic carbocycles. The molecule has 0 saturated carbocycles. The lowest BCUT2D eigenvalue weighted by molar-refractivity contribution is -0.139. The molecular weight excluding hydrogens is 358 g/mol. The zero-order valence-corrected chi connectivity index (χ0v) is 15.9. The van der Waals surface area contributed by atoms with Crippen LogP contribution in [-0.2, 0) is 15.0 Å². The zero-order valence-electron chi connectivity index (χ0n) is 15.9. The van der Waals surface area contributed by atoms with E-state index in [9.17, 15) is 4.79 Å². The topological polar surface area (TPSA) is 139 Å². The van der Waals surface area contributed by atoms with Crippen LogP contribution in [0.25, 0.3) is 11.1 Å². The van der Waals surface area contributed by atoms with Crippen LogP contribution in [0.1, 0.15) is 37.8 Å². The summed E-state index contributed by atoms with van der Waals surface area (Å²) in [6, 6.07) is 13.6. The predicted molar refractivity (Wildman–Crippen MR) is 107 cm³/mol. The highest BCUT2D eigenvalue weighted by atomic mass is 16.5. The van der Waals surface area contributed by atoms with E-state index in [0.717, 1.165) is 22.4 Å². The zero-order chi connectivity index (χ0) is 20.9. The molecule has 0 aliphatic carbocycles. The summed E-state index contributed by atoms with van der Waals surface area (Å²) in [4.78, 5) is 19.6. The number of ether oxygens (including phenoxy) is 1. The fourth-order valence-electron chi connectivity index (χ4n) is 3.39. The summed E-state index contributed by atoms with van der Waals surface area (Å²) in [5, 5.41) is 16.5. The van der Waals surface area contributed by atoms with Crippen LogP contribution in [0.3, 0.4) is 0 Å². The quantitative estimate of drug-likeness (QED) is 0.365. The van der Waals surface area contributed by atoms with Crippen molar-refractivity contribution in [1.82, 2.24) is 0 Å². The van der Waals surface area contributed by atoms with E-state index in [-0.39, 0.29) is 30.2 Å². The fraction of sp³-hybridized carbons (Fsp3) is 0.286. The van der Waals surface area contributed by atoms with E-state index in [1.807, 2.05) is 36.4 Å². The van der Waals surface area contributed by atoms with Crippen molar-refractivity contribution < 1.29 is 19.4 Å². The summed E-state index contributed by atoms with van der Waals surface area (Å²) in [5.74, 6) is -0.0333. The van der Waals surface area contributed by atoms with Gasteiger partial charge in [0.15, 0.2) is 0 Å². The number of carboxylic acids is 1. The Morgan fingerprint density at radius 1 is 1.25 bits per heavy atom. The predicted octanol–water partition coefficient (Wildman–Crippen LogP) is 2.64. The van der Waals surface area contributed by atoms with E-state index in [1.165, 1.54) is 0 Å². The number of benzene rings is 2. The molecule has 0 spiro atoms. The Kier molecular flexibility index (Phi) is 6.41. The third-order valence-electron chi connectivity index (χ3n) is 4.67. The second kappa shape index (κ2) is 8.56. The first-order valence-corrected chi connectivity index (χ1v) is 8.81. The van der Waals surface area contributed by atoms with E-state index in [1.54, 1.807) is 0 Å². The molecule has 28 heavy (non-hydrogen) atoms. The maximum absolute atomic E-state index is 11.0. The van der Waals surface area contributed by atoms with Crippen molar-refractivity contribution >= 4 is 18.2 Å². The van der Waals surface area contributed by atoms with Crippen molar-refractivity contribution in [2.45, 2.75) is 38.2 Å². The highest BCUT2D eigenvalue weighted by Gasteiger charge is 2.35. The molecule has 0 fully saturated rings. The van der Waals surface area contributed by atoms with Crippen LogP contribution in [0.2, 0.25) is 0 Å². The third kappa shape index (κ3) is 4.88. The largest absolute Gasteiger partial charge is 0.489 e. The first kappa shape index (κ1) is 21.0. The smallest absolute Gasteiger partial charge is 0.307 e. The normalized spacial score (nSPS) is 16.6. The van der Waals surface area contributed by atoms with E-state index >= 15 is 0 Å². The lowest BCUT2D eigenvalue weighted by Gasteiger charge is -2.37. The average molecular weight is 383 g/mol. The number of rotatable bonds is 4. The number of nitrogen functional groups attached to an aromatic ring is 1. The van der Waals surface area contributed by atoms with Gasteiger partial charge in [-0.1, -0.05) is 44.2 Å². The number of hydrogen-bond donors (Lipinski definition) is 4. The van der Waals surface area contributed by atoms with Crippen molar-refractivity contribution in [3.05, 3.63) is 53.6 Å². The molecule has 0 saturated heterocycles. The van der Waals surface area contributed by atoms with Gasteiger partial charge in [0.25, 0.3) is 0 Å². The molecule has 0 bridgehead atoms. The van der Waals surface area contributed by atoms with Gasteiger partial charge in [0, 0.05) is 11.1 Å². The number of nitrogens with two attached hydrogens (primary N) is 2. The number of amides is 1. The van der Waals surface area contributed by atoms with Crippen molar-refractivity contribution in [3.63, 3.8) is 0 Å². The number of fused-ring (bicyclic) bond motifs is 1. The molecule has 1 aliphatic heterocycles. The van der Waals surface area contributed by atoms with Gasteiger partial charge in [-0.2, -0.15) is 0 Å². The maximum Gasteiger partial charge on any atom is 0.307 e. The standard InChI is InChI=1S/C20H22N2O3.CH3NO/c1-20(2)11-15(10-18(23)24)25-17-8-7-14(9-16(17)20)12-3-5-13(6-4-12)19(21)22;2-1-3/h3-9,15H,10-11H2,1-2H3,(H3,21,22)(H,23,24);1H,(H2,2,3). The summed E-state index contributed by atoms with van der Waals surface area (Å²) in [5.41, 5.74) is 13.4. The van der Waals surface area contributed by atoms with Crippen molar-refractivity contribution in [2.24, 2.45) is 11.5 Å². The second-order valence-corrected chi connectivity index (χ2v) is 7.26. The van der Waals surface area contributed by atoms with Gasteiger partial charge in [-0.05, 0) is 35.1 Å². The van der Waals surface area contributed by atoms with E-state index < -0.39 is 5.97 Å². The number of carbonyl (C=O) groups is 2. The summed E-state index contributed by atoms with van der Waals surface area (Å²) < 4.78 is 5.89. The van der Waals surface area contributed by atoms with Crippen LogP contribution in [0.5, 0.6) is 5.75 Å². The summed E-state index contributed by atoms with van der Waals surface area (Å²) in [6.45, 7) is 4.23. The van der Waals surface area contributed by atoms with Crippen LogP contribution in [-0.4, -0.2) is 29.4 Å². The lowest BCUT2D eigenvalue weighted by atomic mass is 9.76. The number of carboxylic acid groups (broad SMARTS) is 1. The Morgan fingerprint density at radius 2 is 1.82 bits per heavy atom.